The molecule has 0 N–H and O–H groups in total. The Bertz CT molecular complexity index is 167. The minimum Gasteiger partial charge on any atom is -0.306 e. The summed E-state index contributed by atoms with van der Waals surface area (Å²) in [7, 11) is 2.28. The Labute approximate surface area is 104 Å². The first-order valence-electron chi connectivity index (χ1n) is 7.41. The van der Waals surface area contributed by atoms with Gasteiger partial charge in [-0.25, -0.2) is 0 Å². The summed E-state index contributed by atoms with van der Waals surface area (Å²) in [5, 5.41) is 0. The molecule has 1 heterocycles. The highest BCUT2D eigenvalue weighted by molar-refractivity contribution is 4.94. The molecule has 98 valence electrons. The molecule has 2 unspecified atom stereocenters. The van der Waals surface area contributed by atoms with Crippen molar-refractivity contribution in [2.75, 3.05) is 20.1 Å². The number of hydrogen-bond acceptors (Lipinski definition) is 1. The van der Waals surface area contributed by atoms with Crippen LogP contribution in [-0.2, 0) is 0 Å². The van der Waals surface area contributed by atoms with E-state index in [0.29, 0.717) is 0 Å². The number of likely N-dealkylation sites (tertiary alicyclic amines) is 1. The molecule has 0 aromatic heterocycles. The Morgan fingerprint density at radius 3 is 2.00 bits per heavy atom. The fraction of sp³-hybridized carbons (Fsp3) is 1.00. The van der Waals surface area contributed by atoms with Crippen LogP contribution in [0.4, 0.5) is 0 Å². The van der Waals surface area contributed by atoms with E-state index in [1.165, 1.54) is 45.2 Å². The van der Waals surface area contributed by atoms with Crippen LogP contribution in [0.15, 0.2) is 0 Å². The molecule has 2 atom stereocenters. The molecule has 2 rings (SSSR count). The minimum atomic E-state index is 0.729. The maximum Gasteiger partial charge on any atom is 0.00375 e. The largest absolute Gasteiger partial charge is 0.306 e. The molecule has 2 aliphatic rings. The van der Waals surface area contributed by atoms with E-state index in [-0.39, 0.29) is 0 Å². The van der Waals surface area contributed by atoms with E-state index >= 15 is 0 Å². The third kappa shape index (κ3) is 3.76. The average Bonchev–Trinajstić information content (AvgIpc) is 2.66. The van der Waals surface area contributed by atoms with Gasteiger partial charge < -0.3 is 4.90 Å². The molecule has 0 aromatic rings. The molecule has 1 saturated carbocycles. The fourth-order valence-electron chi connectivity index (χ4n) is 3.32. The smallest absolute Gasteiger partial charge is 0.00375 e. The zero-order chi connectivity index (χ0) is 12.6. The summed E-state index contributed by atoms with van der Waals surface area (Å²) in [6.07, 6.45) is 7.39. The second-order valence-corrected chi connectivity index (χ2v) is 5.00. The zero-order valence-electron chi connectivity index (χ0n) is 12.5. The molecule has 1 saturated heterocycles. The topological polar surface area (TPSA) is 3.24 Å². The molecule has 16 heavy (non-hydrogen) atoms. The molecular weight excluding hydrogens is 194 g/mol. The van der Waals surface area contributed by atoms with Crippen LogP contribution in [0, 0.1) is 11.3 Å². The lowest BCUT2D eigenvalue weighted by atomic mass is 9.73. The first-order chi connectivity index (χ1) is 7.73. The van der Waals surface area contributed by atoms with Crippen LogP contribution in [-0.4, -0.2) is 25.0 Å². The summed E-state index contributed by atoms with van der Waals surface area (Å²) < 4.78 is 0. The fourth-order valence-corrected chi connectivity index (χ4v) is 3.32. The van der Waals surface area contributed by atoms with Gasteiger partial charge in [-0.05, 0) is 44.2 Å². The molecular formula is C15H33N. The Morgan fingerprint density at radius 1 is 1.00 bits per heavy atom. The van der Waals surface area contributed by atoms with Crippen molar-refractivity contribution in [3.05, 3.63) is 0 Å². The highest BCUT2D eigenvalue weighted by Crippen LogP contribution is 2.48. The standard InChI is InChI=1S/C11H21N.2C2H6/c1-10-5-3-6-11(10)7-4-8-12(2)9-11;2*1-2/h10H,3-9H2,1-2H3;2*1-2H3. The van der Waals surface area contributed by atoms with Crippen LogP contribution >= 0.6 is 0 Å². The van der Waals surface area contributed by atoms with E-state index in [0.717, 1.165) is 11.3 Å². The minimum absolute atomic E-state index is 0.729. The predicted molar refractivity (Wildman–Crippen MR) is 74.9 cm³/mol. The van der Waals surface area contributed by atoms with Crippen LogP contribution in [0.5, 0.6) is 0 Å². The predicted octanol–water partition coefficient (Wildman–Crippen LogP) is 4.57. The third-order valence-corrected chi connectivity index (χ3v) is 4.16. The van der Waals surface area contributed by atoms with Crippen molar-refractivity contribution in [3.63, 3.8) is 0 Å². The van der Waals surface area contributed by atoms with Crippen molar-refractivity contribution in [3.8, 4) is 0 Å². The summed E-state index contributed by atoms with van der Waals surface area (Å²) in [5.74, 6) is 0.986. The number of rotatable bonds is 0. The van der Waals surface area contributed by atoms with Gasteiger partial charge in [0.2, 0.25) is 0 Å². The van der Waals surface area contributed by atoms with E-state index in [1.54, 1.807) is 0 Å². The Balaban J connectivity index is 0.000000509. The molecule has 1 nitrogen and oxygen atoms in total. The quantitative estimate of drug-likeness (QED) is 0.586. The van der Waals surface area contributed by atoms with E-state index in [1.807, 2.05) is 27.7 Å². The van der Waals surface area contributed by atoms with E-state index in [2.05, 4.69) is 18.9 Å². The van der Waals surface area contributed by atoms with Gasteiger partial charge in [0.1, 0.15) is 0 Å². The second kappa shape index (κ2) is 8.11. The SMILES string of the molecule is CC.CC.CC1CCCC12CCCN(C)C2. The van der Waals surface area contributed by atoms with Crippen molar-refractivity contribution < 1.29 is 0 Å². The normalized spacial score (nSPS) is 33.8. The molecule has 0 radical (unpaired) electrons. The monoisotopic (exact) mass is 227 g/mol. The Kier molecular flexibility index (Phi) is 8.09. The summed E-state index contributed by atoms with van der Waals surface area (Å²) in [4.78, 5) is 2.53. The van der Waals surface area contributed by atoms with Gasteiger partial charge in [-0.2, -0.15) is 0 Å². The molecule has 0 amide bonds. The molecule has 0 bridgehead atoms. The van der Waals surface area contributed by atoms with E-state index in [9.17, 15) is 0 Å². The molecule has 0 aromatic carbocycles. The van der Waals surface area contributed by atoms with Crippen LogP contribution in [0.1, 0.15) is 66.7 Å². The highest BCUT2D eigenvalue weighted by Gasteiger charge is 2.41. The van der Waals surface area contributed by atoms with Gasteiger partial charge in [-0.3, -0.25) is 0 Å². The molecule has 2 fully saturated rings. The lowest BCUT2D eigenvalue weighted by Gasteiger charge is -2.42. The first kappa shape index (κ1) is 16.0. The van der Waals surface area contributed by atoms with Crippen LogP contribution in [0.25, 0.3) is 0 Å². The number of nitrogens with zero attached hydrogens (tertiary/aromatic N) is 1. The van der Waals surface area contributed by atoms with Gasteiger partial charge in [0, 0.05) is 6.54 Å². The summed E-state index contributed by atoms with van der Waals surface area (Å²) in [6.45, 7) is 13.2. The highest BCUT2D eigenvalue weighted by atomic mass is 15.1. The first-order valence-corrected chi connectivity index (χ1v) is 7.41. The maximum atomic E-state index is 2.53. The van der Waals surface area contributed by atoms with Crippen molar-refractivity contribution >= 4 is 0 Å². The van der Waals surface area contributed by atoms with E-state index in [4.69, 9.17) is 0 Å². The Hall–Kier alpha value is -0.0400. The zero-order valence-corrected chi connectivity index (χ0v) is 12.5. The number of piperidine rings is 1. The third-order valence-electron chi connectivity index (χ3n) is 4.16. The van der Waals surface area contributed by atoms with Gasteiger partial charge in [0.15, 0.2) is 0 Å². The van der Waals surface area contributed by atoms with Crippen molar-refractivity contribution in [1.82, 2.24) is 4.90 Å². The van der Waals surface area contributed by atoms with Crippen molar-refractivity contribution in [1.29, 1.82) is 0 Å². The van der Waals surface area contributed by atoms with Gasteiger partial charge in [-0.15, -0.1) is 0 Å². The lowest BCUT2D eigenvalue weighted by Crippen LogP contribution is -2.42. The molecule has 1 heteroatoms. The van der Waals surface area contributed by atoms with Crippen LogP contribution in [0.3, 0.4) is 0 Å². The van der Waals surface area contributed by atoms with Crippen molar-refractivity contribution in [2.45, 2.75) is 66.7 Å². The van der Waals surface area contributed by atoms with Gasteiger partial charge in [0.05, 0.1) is 0 Å². The number of hydrogen-bond donors (Lipinski definition) is 0. The summed E-state index contributed by atoms with van der Waals surface area (Å²) >= 11 is 0. The molecule has 1 aliphatic carbocycles. The summed E-state index contributed by atoms with van der Waals surface area (Å²) in [6, 6.07) is 0. The van der Waals surface area contributed by atoms with Crippen LogP contribution < -0.4 is 0 Å². The van der Waals surface area contributed by atoms with Crippen molar-refractivity contribution in [2.24, 2.45) is 11.3 Å². The average molecular weight is 227 g/mol. The van der Waals surface area contributed by atoms with Gasteiger partial charge in [-0.1, -0.05) is 47.5 Å². The second-order valence-electron chi connectivity index (χ2n) is 5.00. The van der Waals surface area contributed by atoms with Gasteiger partial charge >= 0.3 is 0 Å². The van der Waals surface area contributed by atoms with Crippen LogP contribution in [0.2, 0.25) is 0 Å². The lowest BCUT2D eigenvalue weighted by molar-refractivity contribution is 0.0768. The van der Waals surface area contributed by atoms with E-state index < -0.39 is 0 Å². The summed E-state index contributed by atoms with van der Waals surface area (Å²) in [5.41, 5.74) is 0.729. The Morgan fingerprint density at radius 2 is 1.56 bits per heavy atom. The molecule has 1 aliphatic heterocycles. The van der Waals surface area contributed by atoms with Gasteiger partial charge in [0.25, 0.3) is 0 Å². The maximum absolute atomic E-state index is 2.53. The molecule has 1 spiro atoms.